The monoisotopic (exact) mass is 282 g/mol. The molecule has 1 heterocycles. The fourth-order valence-electron chi connectivity index (χ4n) is 1.80. The molecular weight excluding hydrogens is 268 g/mol. The molecule has 106 valence electrons. The standard InChI is InChI=1S/C15H14N4O2/c1-10-12(7-13(8-16)19(10)2)9-17-18-15(21)11-3-5-14(20)6-4-11/h3-7,9,20H,1-2H3,(H,18,21)/b17-9-. The van der Waals surface area contributed by atoms with Gasteiger partial charge in [-0.3, -0.25) is 4.79 Å². The molecular formula is C15H14N4O2. The van der Waals surface area contributed by atoms with Gasteiger partial charge < -0.3 is 9.67 Å². The smallest absolute Gasteiger partial charge is 0.271 e. The van der Waals surface area contributed by atoms with Crippen molar-refractivity contribution in [2.75, 3.05) is 0 Å². The van der Waals surface area contributed by atoms with Gasteiger partial charge in [-0.15, -0.1) is 0 Å². The largest absolute Gasteiger partial charge is 0.508 e. The second-order valence-corrected chi connectivity index (χ2v) is 4.49. The highest BCUT2D eigenvalue weighted by atomic mass is 16.3. The van der Waals surface area contributed by atoms with E-state index in [2.05, 4.69) is 16.6 Å². The number of rotatable bonds is 3. The Kier molecular flexibility index (Phi) is 4.05. The Morgan fingerprint density at radius 3 is 2.67 bits per heavy atom. The van der Waals surface area contributed by atoms with Gasteiger partial charge in [0.1, 0.15) is 17.5 Å². The van der Waals surface area contributed by atoms with E-state index < -0.39 is 0 Å². The average molecular weight is 282 g/mol. The Morgan fingerprint density at radius 1 is 1.43 bits per heavy atom. The van der Waals surface area contributed by atoms with Gasteiger partial charge in [-0.1, -0.05) is 0 Å². The van der Waals surface area contributed by atoms with Gasteiger partial charge in [0.25, 0.3) is 5.91 Å². The van der Waals surface area contributed by atoms with Crippen molar-refractivity contribution in [1.29, 1.82) is 5.26 Å². The number of phenolic OH excluding ortho intramolecular Hbond substituents is 1. The van der Waals surface area contributed by atoms with Crippen molar-refractivity contribution in [3.63, 3.8) is 0 Å². The van der Waals surface area contributed by atoms with Crippen LogP contribution < -0.4 is 5.43 Å². The number of aromatic hydroxyl groups is 1. The van der Waals surface area contributed by atoms with Crippen LogP contribution in [0.5, 0.6) is 5.75 Å². The molecule has 1 aromatic heterocycles. The summed E-state index contributed by atoms with van der Waals surface area (Å²) in [5.74, 6) is -0.278. The van der Waals surface area contributed by atoms with E-state index in [1.165, 1.54) is 30.5 Å². The van der Waals surface area contributed by atoms with E-state index in [1.807, 2.05) is 6.92 Å². The number of hydrazone groups is 1. The van der Waals surface area contributed by atoms with E-state index in [4.69, 9.17) is 10.4 Å². The topological polar surface area (TPSA) is 90.4 Å². The second-order valence-electron chi connectivity index (χ2n) is 4.49. The first-order valence-corrected chi connectivity index (χ1v) is 6.21. The van der Waals surface area contributed by atoms with Gasteiger partial charge in [0.05, 0.1) is 6.21 Å². The first-order valence-electron chi connectivity index (χ1n) is 6.21. The first-order chi connectivity index (χ1) is 10.0. The van der Waals surface area contributed by atoms with Crippen LogP contribution in [-0.4, -0.2) is 21.8 Å². The molecule has 0 saturated heterocycles. The molecule has 0 fully saturated rings. The van der Waals surface area contributed by atoms with E-state index in [0.29, 0.717) is 11.3 Å². The molecule has 2 aromatic rings. The summed E-state index contributed by atoms with van der Waals surface area (Å²) in [4.78, 5) is 11.8. The third-order valence-corrected chi connectivity index (χ3v) is 3.19. The quantitative estimate of drug-likeness (QED) is 0.662. The van der Waals surface area contributed by atoms with Crippen LogP contribution in [0.4, 0.5) is 0 Å². The Hall–Kier alpha value is -3.07. The van der Waals surface area contributed by atoms with Crippen molar-refractivity contribution >= 4 is 12.1 Å². The number of nitrogens with one attached hydrogen (secondary N) is 1. The summed E-state index contributed by atoms with van der Waals surface area (Å²) >= 11 is 0. The van der Waals surface area contributed by atoms with Gasteiger partial charge in [0.2, 0.25) is 0 Å². The van der Waals surface area contributed by atoms with E-state index >= 15 is 0 Å². The van der Waals surface area contributed by atoms with Gasteiger partial charge in [-0.2, -0.15) is 10.4 Å². The molecule has 0 unspecified atom stereocenters. The summed E-state index contributed by atoms with van der Waals surface area (Å²) in [5.41, 5.74) is 4.97. The number of nitriles is 1. The highest BCUT2D eigenvalue weighted by Crippen LogP contribution is 2.11. The lowest BCUT2D eigenvalue weighted by Gasteiger charge is -2.00. The van der Waals surface area contributed by atoms with Crippen molar-refractivity contribution in [2.24, 2.45) is 12.1 Å². The highest BCUT2D eigenvalue weighted by Gasteiger charge is 2.07. The molecule has 0 aliphatic carbocycles. The number of hydrogen-bond acceptors (Lipinski definition) is 4. The van der Waals surface area contributed by atoms with E-state index in [-0.39, 0.29) is 11.7 Å². The Labute approximate surface area is 121 Å². The molecule has 6 nitrogen and oxygen atoms in total. The zero-order valence-corrected chi connectivity index (χ0v) is 11.7. The number of phenols is 1. The maximum atomic E-state index is 11.8. The molecule has 1 amide bonds. The average Bonchev–Trinajstić information content (AvgIpc) is 2.75. The predicted octanol–water partition coefficient (Wildman–Crippen LogP) is 1.67. The van der Waals surface area contributed by atoms with Crippen LogP contribution in [0, 0.1) is 18.3 Å². The molecule has 0 atom stereocenters. The van der Waals surface area contributed by atoms with Gasteiger partial charge >= 0.3 is 0 Å². The molecule has 0 saturated carbocycles. The van der Waals surface area contributed by atoms with Crippen molar-refractivity contribution in [1.82, 2.24) is 9.99 Å². The third kappa shape index (κ3) is 3.09. The number of aromatic nitrogens is 1. The predicted molar refractivity (Wildman–Crippen MR) is 78.0 cm³/mol. The van der Waals surface area contributed by atoms with Crippen molar-refractivity contribution < 1.29 is 9.90 Å². The molecule has 6 heteroatoms. The zero-order chi connectivity index (χ0) is 15.4. The maximum absolute atomic E-state index is 11.8. The Morgan fingerprint density at radius 2 is 2.10 bits per heavy atom. The number of benzene rings is 1. The Bertz CT molecular complexity index is 736. The summed E-state index contributed by atoms with van der Waals surface area (Å²) in [6.45, 7) is 1.87. The summed E-state index contributed by atoms with van der Waals surface area (Å²) in [5, 5.41) is 22.0. The lowest BCUT2D eigenvalue weighted by atomic mass is 10.2. The van der Waals surface area contributed by atoms with Gasteiger partial charge in [0.15, 0.2) is 0 Å². The SMILES string of the molecule is Cc1c(/C=N\NC(=O)c2ccc(O)cc2)cc(C#N)n1C. The molecule has 0 aliphatic heterocycles. The zero-order valence-electron chi connectivity index (χ0n) is 11.7. The number of hydrogen-bond donors (Lipinski definition) is 2. The molecule has 0 aliphatic rings. The molecule has 0 radical (unpaired) electrons. The maximum Gasteiger partial charge on any atom is 0.271 e. The fraction of sp³-hybridized carbons (Fsp3) is 0.133. The molecule has 2 N–H and O–H groups in total. The van der Waals surface area contributed by atoms with Crippen LogP contribution in [0.1, 0.15) is 27.3 Å². The number of carbonyl (C=O) groups excluding carboxylic acids is 1. The van der Waals surface area contributed by atoms with Crippen LogP contribution in [0.15, 0.2) is 35.4 Å². The van der Waals surface area contributed by atoms with Crippen LogP contribution in [0.2, 0.25) is 0 Å². The lowest BCUT2D eigenvalue weighted by molar-refractivity contribution is 0.0955. The summed E-state index contributed by atoms with van der Waals surface area (Å²) in [6.07, 6.45) is 1.49. The van der Waals surface area contributed by atoms with Gasteiger partial charge in [-0.25, -0.2) is 5.43 Å². The van der Waals surface area contributed by atoms with E-state index in [1.54, 1.807) is 17.7 Å². The molecule has 0 spiro atoms. The van der Waals surface area contributed by atoms with Crippen molar-refractivity contribution in [2.45, 2.75) is 6.92 Å². The normalized spacial score (nSPS) is 10.5. The number of amides is 1. The molecule has 21 heavy (non-hydrogen) atoms. The van der Waals surface area contributed by atoms with Crippen molar-refractivity contribution in [3.8, 4) is 11.8 Å². The third-order valence-electron chi connectivity index (χ3n) is 3.19. The Balaban J connectivity index is 2.08. The highest BCUT2D eigenvalue weighted by molar-refractivity contribution is 5.95. The minimum absolute atomic E-state index is 0.0963. The summed E-state index contributed by atoms with van der Waals surface area (Å²) < 4.78 is 1.75. The molecule has 0 bridgehead atoms. The van der Waals surface area contributed by atoms with Crippen molar-refractivity contribution in [3.05, 3.63) is 52.8 Å². The fourth-order valence-corrected chi connectivity index (χ4v) is 1.80. The minimum Gasteiger partial charge on any atom is -0.508 e. The molecule has 2 rings (SSSR count). The van der Waals surface area contributed by atoms with Crippen LogP contribution in [0.3, 0.4) is 0 Å². The molecule has 1 aromatic carbocycles. The van der Waals surface area contributed by atoms with Crippen LogP contribution in [0.25, 0.3) is 0 Å². The van der Waals surface area contributed by atoms with E-state index in [0.717, 1.165) is 11.3 Å². The number of nitrogens with zero attached hydrogens (tertiary/aromatic N) is 3. The van der Waals surface area contributed by atoms with Crippen LogP contribution in [-0.2, 0) is 7.05 Å². The number of carbonyl (C=O) groups is 1. The van der Waals surface area contributed by atoms with Gasteiger partial charge in [0, 0.05) is 23.9 Å². The van der Waals surface area contributed by atoms with Gasteiger partial charge in [-0.05, 0) is 37.3 Å². The lowest BCUT2D eigenvalue weighted by Crippen LogP contribution is -2.17. The summed E-state index contributed by atoms with van der Waals surface area (Å²) in [6, 6.07) is 9.64. The first kappa shape index (κ1) is 14.3. The minimum atomic E-state index is -0.375. The van der Waals surface area contributed by atoms with Crippen LogP contribution >= 0.6 is 0 Å². The summed E-state index contributed by atoms with van der Waals surface area (Å²) in [7, 11) is 1.79. The second kappa shape index (κ2) is 5.92. The van der Waals surface area contributed by atoms with E-state index in [9.17, 15) is 4.79 Å².